The molecule has 0 aliphatic carbocycles. The van der Waals surface area contributed by atoms with E-state index in [0.717, 1.165) is 66.9 Å². The molecule has 0 aliphatic heterocycles. The van der Waals surface area contributed by atoms with Crippen molar-refractivity contribution in [3.05, 3.63) is 240 Å². The summed E-state index contributed by atoms with van der Waals surface area (Å²) in [5.74, 6) is 2.75. The lowest BCUT2D eigenvalue weighted by atomic mass is 9.99. The number of aromatic nitrogens is 6. The molecule has 0 fully saturated rings. The molecule has 0 N–H and O–H groups in total. The van der Waals surface area contributed by atoms with Gasteiger partial charge in [0.1, 0.15) is 0 Å². The summed E-state index contributed by atoms with van der Waals surface area (Å²) in [6.45, 7) is 13.1. The van der Waals surface area contributed by atoms with Gasteiger partial charge in [-0.2, -0.15) is 19.9 Å². The molecule has 9 aromatic carbocycles. The van der Waals surface area contributed by atoms with Crippen molar-refractivity contribution < 1.29 is 0 Å². The SMILES string of the molecule is Cc1cc(C)c(N(c2ccc(N(c3nc(-c4ccccc4)nc(-c4ccc(-c5ccccc5)cc4)n3)c3nc(-c4ccccc4)nc(-c4cccc5ccccc45)n3)cc2)c2c(C)cc(C)cc2C)c(C)c1. The van der Waals surface area contributed by atoms with Crippen LogP contribution < -0.4 is 9.80 Å². The Kier molecular flexibility index (Phi) is 12.2. The lowest BCUT2D eigenvalue weighted by molar-refractivity contribution is 0.964. The average molecular weight is 933 g/mol. The Morgan fingerprint density at radius 3 is 1.15 bits per heavy atom. The predicted molar refractivity (Wildman–Crippen MR) is 296 cm³/mol. The molecule has 8 heteroatoms. The summed E-state index contributed by atoms with van der Waals surface area (Å²) in [4.78, 5) is 36.1. The molecule has 0 bridgehead atoms. The fourth-order valence-corrected chi connectivity index (χ4v) is 9.97. The molecule has 0 saturated heterocycles. The highest BCUT2D eigenvalue weighted by Crippen LogP contribution is 2.44. The number of hydrogen-bond donors (Lipinski definition) is 0. The predicted octanol–water partition coefficient (Wildman–Crippen LogP) is 16.3. The molecule has 2 aromatic heterocycles. The van der Waals surface area contributed by atoms with E-state index in [1.807, 2.05) is 89.8 Å². The Morgan fingerprint density at radius 1 is 0.292 bits per heavy atom. The molecule has 0 saturated carbocycles. The summed E-state index contributed by atoms with van der Waals surface area (Å²) in [5, 5.41) is 2.12. The van der Waals surface area contributed by atoms with Gasteiger partial charge in [-0.1, -0.05) is 193 Å². The van der Waals surface area contributed by atoms with Gasteiger partial charge in [0.05, 0.1) is 17.1 Å². The van der Waals surface area contributed by atoms with Crippen LogP contribution in [0, 0.1) is 41.5 Å². The molecule has 0 unspecified atom stereocenters. The molecule has 0 amide bonds. The van der Waals surface area contributed by atoms with Crippen molar-refractivity contribution >= 4 is 45.4 Å². The smallest absolute Gasteiger partial charge is 0.241 e. The molecule has 0 spiro atoms. The van der Waals surface area contributed by atoms with E-state index >= 15 is 0 Å². The van der Waals surface area contributed by atoms with Crippen molar-refractivity contribution in [1.82, 2.24) is 29.9 Å². The first kappa shape index (κ1) is 45.3. The third kappa shape index (κ3) is 8.98. The maximum atomic E-state index is 5.39. The topological polar surface area (TPSA) is 83.8 Å². The van der Waals surface area contributed by atoms with Gasteiger partial charge in [-0.3, -0.25) is 0 Å². The zero-order valence-corrected chi connectivity index (χ0v) is 41.2. The first-order valence-corrected chi connectivity index (χ1v) is 24.3. The number of rotatable bonds is 11. The molecule has 8 nitrogen and oxygen atoms in total. The molecule has 11 aromatic rings. The number of benzene rings is 9. The van der Waals surface area contributed by atoms with Crippen LogP contribution in [-0.2, 0) is 0 Å². The van der Waals surface area contributed by atoms with Gasteiger partial charge in [0.25, 0.3) is 0 Å². The number of nitrogens with zero attached hydrogens (tertiary/aromatic N) is 8. The first-order valence-electron chi connectivity index (χ1n) is 24.3. The first-order chi connectivity index (χ1) is 35.1. The highest BCUT2D eigenvalue weighted by Gasteiger charge is 2.27. The van der Waals surface area contributed by atoms with Crippen LogP contribution in [0.1, 0.15) is 33.4 Å². The van der Waals surface area contributed by atoms with Gasteiger partial charge >= 0.3 is 0 Å². The van der Waals surface area contributed by atoms with Crippen molar-refractivity contribution in [3.8, 4) is 56.7 Å². The van der Waals surface area contributed by atoms with Gasteiger partial charge in [0.2, 0.25) is 11.9 Å². The van der Waals surface area contributed by atoms with Crippen LogP contribution in [0.25, 0.3) is 67.5 Å². The van der Waals surface area contributed by atoms with E-state index in [9.17, 15) is 0 Å². The van der Waals surface area contributed by atoms with E-state index in [1.165, 1.54) is 33.4 Å². The van der Waals surface area contributed by atoms with Crippen molar-refractivity contribution in [2.24, 2.45) is 0 Å². The molecule has 72 heavy (non-hydrogen) atoms. The monoisotopic (exact) mass is 932 g/mol. The fraction of sp³-hybridized carbons (Fsp3) is 0.0938. The minimum atomic E-state index is 0.347. The summed E-state index contributed by atoms with van der Waals surface area (Å²) in [5.41, 5.74) is 16.9. The van der Waals surface area contributed by atoms with E-state index in [1.54, 1.807) is 0 Å². The van der Waals surface area contributed by atoms with E-state index in [0.29, 0.717) is 35.2 Å². The molecule has 0 aliphatic rings. The maximum Gasteiger partial charge on any atom is 0.241 e. The maximum absolute atomic E-state index is 5.39. The van der Waals surface area contributed by atoms with Crippen molar-refractivity contribution in [2.45, 2.75) is 41.5 Å². The minimum Gasteiger partial charge on any atom is -0.309 e. The number of aryl methyl sites for hydroxylation is 6. The summed E-state index contributed by atoms with van der Waals surface area (Å²) in [7, 11) is 0. The number of fused-ring (bicyclic) bond motifs is 1. The summed E-state index contributed by atoms with van der Waals surface area (Å²) in [6.07, 6.45) is 0. The molecule has 2 heterocycles. The van der Waals surface area contributed by atoms with E-state index < -0.39 is 0 Å². The van der Waals surface area contributed by atoms with Gasteiger partial charge in [-0.15, -0.1) is 0 Å². The Bertz CT molecular complexity index is 3640. The summed E-state index contributed by atoms with van der Waals surface area (Å²) in [6, 6.07) is 71.0. The molecule has 348 valence electrons. The second-order valence-electron chi connectivity index (χ2n) is 18.4. The Morgan fingerprint density at radius 2 is 0.653 bits per heavy atom. The summed E-state index contributed by atoms with van der Waals surface area (Å²) < 4.78 is 0. The quantitative estimate of drug-likeness (QED) is 0.127. The molecule has 11 rings (SSSR count). The standard InChI is InChI=1S/C64H52N8/c1-41-37-43(3)57(44(4)38-41)71(58-45(5)39-42(2)40-46(58)6)53-33-35-54(36-34-53)72(64-68-60(51-24-14-9-15-25-51)66-62(70-64)56-28-18-26-49-21-16-17-27-55(49)56)63-67-59(50-22-12-8-13-23-50)65-61(69-63)52-31-29-48(30-32-52)47-19-10-7-11-20-47/h7-40H,1-6H3. The zero-order chi connectivity index (χ0) is 49.3. The highest BCUT2D eigenvalue weighted by molar-refractivity contribution is 5.95. The van der Waals surface area contributed by atoms with Gasteiger partial charge < -0.3 is 4.90 Å². The second kappa shape index (κ2) is 19.3. The lowest BCUT2D eigenvalue weighted by Gasteiger charge is -2.32. The van der Waals surface area contributed by atoms with E-state index in [4.69, 9.17) is 29.9 Å². The second-order valence-corrected chi connectivity index (χ2v) is 18.4. The zero-order valence-electron chi connectivity index (χ0n) is 41.2. The van der Waals surface area contributed by atoms with Gasteiger partial charge in [-0.05, 0) is 110 Å². The largest absolute Gasteiger partial charge is 0.309 e. The van der Waals surface area contributed by atoms with Crippen LogP contribution in [-0.4, -0.2) is 29.9 Å². The molecule has 0 atom stereocenters. The van der Waals surface area contributed by atoms with Crippen molar-refractivity contribution in [2.75, 3.05) is 9.80 Å². The van der Waals surface area contributed by atoms with Crippen LogP contribution in [0.4, 0.5) is 34.6 Å². The van der Waals surface area contributed by atoms with Gasteiger partial charge in [0.15, 0.2) is 23.3 Å². The van der Waals surface area contributed by atoms with Gasteiger partial charge in [0, 0.05) is 27.9 Å². The Balaban J connectivity index is 1.16. The minimum absolute atomic E-state index is 0.347. The van der Waals surface area contributed by atoms with Crippen LogP contribution in [0.5, 0.6) is 0 Å². The molecular formula is C64H52N8. The summed E-state index contributed by atoms with van der Waals surface area (Å²) >= 11 is 0. The van der Waals surface area contributed by atoms with Crippen molar-refractivity contribution in [1.29, 1.82) is 0 Å². The fourth-order valence-electron chi connectivity index (χ4n) is 9.97. The normalized spacial score (nSPS) is 11.2. The number of anilines is 6. The van der Waals surface area contributed by atoms with Crippen LogP contribution in [0.3, 0.4) is 0 Å². The average Bonchev–Trinajstić information content (AvgIpc) is 3.41. The lowest BCUT2D eigenvalue weighted by Crippen LogP contribution is -2.19. The highest BCUT2D eigenvalue weighted by atomic mass is 15.4. The number of hydrogen-bond acceptors (Lipinski definition) is 8. The van der Waals surface area contributed by atoms with Crippen molar-refractivity contribution in [3.63, 3.8) is 0 Å². The van der Waals surface area contributed by atoms with Crippen LogP contribution in [0.15, 0.2) is 206 Å². The third-order valence-corrected chi connectivity index (χ3v) is 13.1. The molecule has 0 radical (unpaired) electrons. The van der Waals surface area contributed by atoms with E-state index in [-0.39, 0.29) is 0 Å². The Hall–Kier alpha value is -9.14. The molecular weight excluding hydrogens is 881 g/mol. The van der Waals surface area contributed by atoms with E-state index in [2.05, 4.69) is 168 Å². The third-order valence-electron chi connectivity index (χ3n) is 13.1. The van der Waals surface area contributed by atoms with Crippen LogP contribution >= 0.6 is 0 Å². The Labute approximate surface area is 421 Å². The van der Waals surface area contributed by atoms with Crippen LogP contribution in [0.2, 0.25) is 0 Å². The van der Waals surface area contributed by atoms with Gasteiger partial charge in [-0.25, -0.2) is 14.9 Å².